The molecule has 0 spiro atoms. The van der Waals surface area contributed by atoms with Crippen LogP contribution in [0.15, 0.2) is 61.4 Å². The van der Waals surface area contributed by atoms with Crippen molar-refractivity contribution in [3.05, 3.63) is 66.5 Å². The molecule has 0 saturated heterocycles. The topological polar surface area (TPSA) is 92.7 Å². The molecule has 0 amide bonds. The first-order chi connectivity index (χ1) is 14.7. The van der Waals surface area contributed by atoms with E-state index in [-0.39, 0.29) is 0 Å². The fourth-order valence-electron chi connectivity index (χ4n) is 2.69. The van der Waals surface area contributed by atoms with Crippen LogP contribution in [0.5, 0.6) is 0 Å². The minimum Gasteiger partial charge on any atom is -0.387 e. The summed E-state index contributed by atoms with van der Waals surface area (Å²) in [6.45, 7) is 2.00. The van der Waals surface area contributed by atoms with Crippen molar-refractivity contribution in [3.63, 3.8) is 0 Å². The summed E-state index contributed by atoms with van der Waals surface area (Å²) in [6.07, 6.45) is 16.4. The molecule has 150 valence electrons. The quantitative estimate of drug-likeness (QED) is 0.468. The highest BCUT2D eigenvalue weighted by Gasteiger charge is 2.08. The van der Waals surface area contributed by atoms with Crippen molar-refractivity contribution < 1.29 is 4.79 Å². The molecule has 0 fully saturated rings. The molecule has 4 rings (SSSR count). The number of nitrogens with zero attached hydrogens (tertiary/aromatic N) is 4. The molecule has 0 aliphatic heterocycles. The standard InChI is InChI=1S/C19H15ClN6.C2H2.CH2O/c1-21-15-4-13(7-22-9-15)12-2-3-18-17(5-12)19(25-11-24-18)26-16-6-14(20)8-23-10-16;2*1-2/h2-11,21H,1H3,(H,24,25,26);1-2H;1H2. The average Bonchev–Trinajstić information content (AvgIpc) is 2.82. The van der Waals surface area contributed by atoms with E-state index in [1.165, 1.54) is 6.33 Å². The summed E-state index contributed by atoms with van der Waals surface area (Å²) in [5.74, 6) is 0.693. The minimum atomic E-state index is 0.559. The van der Waals surface area contributed by atoms with Gasteiger partial charge in [-0.25, -0.2) is 9.97 Å². The van der Waals surface area contributed by atoms with E-state index >= 15 is 0 Å². The molecule has 0 radical (unpaired) electrons. The highest BCUT2D eigenvalue weighted by Crippen LogP contribution is 2.29. The van der Waals surface area contributed by atoms with Gasteiger partial charge < -0.3 is 15.4 Å². The Hall–Kier alpha value is -4.02. The molecule has 0 atom stereocenters. The lowest BCUT2D eigenvalue weighted by atomic mass is 10.0. The van der Waals surface area contributed by atoms with Gasteiger partial charge in [-0.3, -0.25) is 9.97 Å². The number of pyridine rings is 2. The van der Waals surface area contributed by atoms with Crippen molar-refractivity contribution in [2.45, 2.75) is 0 Å². The molecule has 7 nitrogen and oxygen atoms in total. The zero-order chi connectivity index (χ0) is 21.9. The Bertz CT molecular complexity index is 1150. The Kier molecular flexibility index (Phi) is 8.24. The van der Waals surface area contributed by atoms with Gasteiger partial charge in [0.25, 0.3) is 0 Å². The second-order valence-corrected chi connectivity index (χ2v) is 6.12. The van der Waals surface area contributed by atoms with Crippen LogP contribution in [0.4, 0.5) is 17.2 Å². The highest BCUT2D eigenvalue weighted by molar-refractivity contribution is 6.30. The molecular formula is C22H19ClN6O. The van der Waals surface area contributed by atoms with Crippen LogP contribution in [-0.2, 0) is 4.79 Å². The number of aromatic nitrogens is 4. The van der Waals surface area contributed by atoms with E-state index in [4.69, 9.17) is 16.4 Å². The lowest BCUT2D eigenvalue weighted by molar-refractivity contribution is -0.0979. The number of anilines is 3. The van der Waals surface area contributed by atoms with Gasteiger partial charge in [-0.15, -0.1) is 12.8 Å². The van der Waals surface area contributed by atoms with Gasteiger partial charge in [-0.2, -0.15) is 0 Å². The minimum absolute atomic E-state index is 0.559. The van der Waals surface area contributed by atoms with E-state index in [9.17, 15) is 0 Å². The SMILES string of the molecule is C#C.C=O.CNc1cncc(-c2ccc3ncnc(Nc4cncc(Cl)c4)c3c2)c1. The molecular weight excluding hydrogens is 400 g/mol. The Morgan fingerprint density at radius 3 is 2.37 bits per heavy atom. The Morgan fingerprint density at radius 1 is 0.900 bits per heavy atom. The average molecular weight is 419 g/mol. The number of rotatable bonds is 4. The van der Waals surface area contributed by atoms with Crippen LogP contribution in [0.2, 0.25) is 5.02 Å². The molecule has 30 heavy (non-hydrogen) atoms. The van der Waals surface area contributed by atoms with E-state index in [1.807, 2.05) is 44.3 Å². The summed E-state index contributed by atoms with van der Waals surface area (Å²) >= 11 is 6.01. The summed E-state index contributed by atoms with van der Waals surface area (Å²) < 4.78 is 0. The van der Waals surface area contributed by atoms with Gasteiger partial charge in [0.1, 0.15) is 18.9 Å². The number of fused-ring (bicyclic) bond motifs is 1. The van der Waals surface area contributed by atoms with E-state index in [1.54, 1.807) is 24.7 Å². The molecule has 0 aliphatic carbocycles. The molecule has 4 aromatic rings. The summed E-state index contributed by atoms with van der Waals surface area (Å²) in [5.41, 5.74) is 4.61. The maximum Gasteiger partial charge on any atom is 0.141 e. The lowest BCUT2D eigenvalue weighted by Crippen LogP contribution is -1.97. The first-order valence-electron chi connectivity index (χ1n) is 8.60. The van der Waals surface area contributed by atoms with E-state index in [0.29, 0.717) is 10.8 Å². The molecule has 3 aromatic heterocycles. The van der Waals surface area contributed by atoms with E-state index in [0.717, 1.165) is 33.4 Å². The molecule has 0 aliphatic rings. The van der Waals surface area contributed by atoms with Crippen molar-refractivity contribution in [1.82, 2.24) is 19.9 Å². The smallest absolute Gasteiger partial charge is 0.141 e. The second kappa shape index (κ2) is 11.1. The van der Waals surface area contributed by atoms with Gasteiger partial charge in [0.15, 0.2) is 0 Å². The second-order valence-electron chi connectivity index (χ2n) is 5.68. The van der Waals surface area contributed by atoms with Gasteiger partial charge in [0.2, 0.25) is 0 Å². The van der Waals surface area contributed by atoms with Crippen LogP contribution in [-0.4, -0.2) is 33.8 Å². The predicted octanol–water partition coefficient (Wildman–Crippen LogP) is 4.59. The molecule has 3 heterocycles. The van der Waals surface area contributed by atoms with Crippen LogP contribution in [0.1, 0.15) is 0 Å². The number of nitrogens with one attached hydrogen (secondary N) is 2. The predicted molar refractivity (Wildman–Crippen MR) is 122 cm³/mol. The number of halogens is 1. The van der Waals surface area contributed by atoms with Crippen LogP contribution in [0.3, 0.4) is 0 Å². The molecule has 8 heteroatoms. The van der Waals surface area contributed by atoms with Gasteiger partial charge in [0, 0.05) is 36.6 Å². The number of benzene rings is 1. The Balaban J connectivity index is 0.000000757. The molecule has 2 N–H and O–H groups in total. The third kappa shape index (κ3) is 5.28. The zero-order valence-electron chi connectivity index (χ0n) is 16.2. The van der Waals surface area contributed by atoms with Crippen molar-refractivity contribution in [2.75, 3.05) is 17.7 Å². The number of hydrogen-bond acceptors (Lipinski definition) is 7. The maximum atomic E-state index is 8.00. The van der Waals surface area contributed by atoms with Gasteiger partial charge in [-0.1, -0.05) is 17.7 Å². The van der Waals surface area contributed by atoms with Gasteiger partial charge in [0.05, 0.1) is 28.1 Å². The van der Waals surface area contributed by atoms with Gasteiger partial charge >= 0.3 is 0 Å². The van der Waals surface area contributed by atoms with Crippen molar-refractivity contribution in [2.24, 2.45) is 0 Å². The highest BCUT2D eigenvalue weighted by atomic mass is 35.5. The Morgan fingerprint density at radius 2 is 1.63 bits per heavy atom. The molecule has 0 saturated carbocycles. The van der Waals surface area contributed by atoms with Crippen molar-refractivity contribution in [1.29, 1.82) is 0 Å². The van der Waals surface area contributed by atoms with E-state index in [2.05, 4.69) is 43.4 Å². The van der Waals surface area contributed by atoms with Crippen molar-refractivity contribution in [3.8, 4) is 24.0 Å². The largest absolute Gasteiger partial charge is 0.387 e. The summed E-state index contributed by atoms with van der Waals surface area (Å²) in [7, 11) is 1.87. The summed E-state index contributed by atoms with van der Waals surface area (Å²) in [6, 6.07) is 9.89. The summed E-state index contributed by atoms with van der Waals surface area (Å²) in [4.78, 5) is 25.1. The number of carbonyl (C=O) groups excluding carboxylic acids is 1. The molecule has 0 bridgehead atoms. The fraction of sp³-hybridized carbons (Fsp3) is 0.0455. The van der Waals surface area contributed by atoms with Crippen LogP contribution >= 0.6 is 11.6 Å². The van der Waals surface area contributed by atoms with Gasteiger partial charge in [-0.05, 0) is 29.8 Å². The number of carbonyl (C=O) groups is 1. The molecule has 1 aromatic carbocycles. The van der Waals surface area contributed by atoms with Crippen LogP contribution in [0, 0.1) is 12.8 Å². The first-order valence-corrected chi connectivity index (χ1v) is 8.98. The van der Waals surface area contributed by atoms with Crippen molar-refractivity contribution >= 4 is 46.5 Å². The third-order valence-electron chi connectivity index (χ3n) is 3.96. The zero-order valence-corrected chi connectivity index (χ0v) is 17.0. The molecule has 0 unspecified atom stereocenters. The monoisotopic (exact) mass is 418 g/mol. The Labute approximate surface area is 179 Å². The number of hydrogen-bond donors (Lipinski definition) is 2. The maximum absolute atomic E-state index is 8.00. The third-order valence-corrected chi connectivity index (χ3v) is 4.17. The van der Waals surface area contributed by atoms with E-state index < -0.39 is 0 Å². The van der Waals surface area contributed by atoms with Crippen LogP contribution < -0.4 is 10.6 Å². The normalized spacial score (nSPS) is 9.47. The fourth-order valence-corrected chi connectivity index (χ4v) is 2.86. The summed E-state index contributed by atoms with van der Waals surface area (Å²) in [5, 5.41) is 7.83. The van der Waals surface area contributed by atoms with Crippen LogP contribution in [0.25, 0.3) is 22.0 Å². The lowest BCUT2D eigenvalue weighted by Gasteiger charge is -2.10. The number of terminal acetylenes is 1. The first kappa shape index (κ1) is 22.3.